The summed E-state index contributed by atoms with van der Waals surface area (Å²) >= 11 is 6.23. The van der Waals surface area contributed by atoms with E-state index in [9.17, 15) is 4.39 Å². The second kappa shape index (κ2) is 6.15. The summed E-state index contributed by atoms with van der Waals surface area (Å²) in [6.07, 6.45) is 0.790. The number of rotatable bonds is 3. The summed E-state index contributed by atoms with van der Waals surface area (Å²) in [5.74, 6) is 1.08. The Morgan fingerprint density at radius 1 is 1.18 bits per heavy atom. The van der Waals surface area contributed by atoms with Crippen molar-refractivity contribution in [3.05, 3.63) is 57.9 Å². The highest BCUT2D eigenvalue weighted by molar-refractivity contribution is 6.31. The van der Waals surface area contributed by atoms with Crippen LogP contribution < -0.4 is 14.8 Å². The van der Waals surface area contributed by atoms with Crippen molar-refractivity contribution in [2.45, 2.75) is 12.5 Å². The van der Waals surface area contributed by atoms with Crippen LogP contribution in [0.25, 0.3) is 0 Å². The monoisotopic (exact) mass is 321 g/mol. The van der Waals surface area contributed by atoms with Crippen LogP contribution >= 0.6 is 11.6 Å². The van der Waals surface area contributed by atoms with Crippen LogP contribution in [0.4, 0.5) is 4.39 Å². The molecule has 22 heavy (non-hydrogen) atoms. The van der Waals surface area contributed by atoms with Gasteiger partial charge in [-0.3, -0.25) is 0 Å². The molecule has 116 valence electrons. The summed E-state index contributed by atoms with van der Waals surface area (Å²) < 4.78 is 25.1. The summed E-state index contributed by atoms with van der Waals surface area (Å²) in [7, 11) is 3.22. The minimum absolute atomic E-state index is 0.294. The molecule has 5 heteroatoms. The Labute approximate surface area is 134 Å². The van der Waals surface area contributed by atoms with Gasteiger partial charge in [-0.2, -0.15) is 0 Å². The normalized spacial score (nSPS) is 17.0. The standard InChI is InChI=1S/C17H17ClFNO2/c1-21-14-7-6-10-11(17(14)22-2)8-9-20-16(10)15-12(18)4-3-5-13(15)19/h3-7,16,20H,8-9H2,1-2H3. The molecular formula is C17H17ClFNO2. The maximum Gasteiger partial charge on any atom is 0.164 e. The average molecular weight is 322 g/mol. The summed E-state index contributed by atoms with van der Waals surface area (Å²) in [6.45, 7) is 0.714. The minimum atomic E-state index is -0.312. The van der Waals surface area contributed by atoms with Crippen LogP contribution in [0.5, 0.6) is 11.5 Å². The third-order valence-corrected chi connectivity index (χ3v) is 4.34. The van der Waals surface area contributed by atoms with Crippen LogP contribution in [0.3, 0.4) is 0 Å². The zero-order valence-corrected chi connectivity index (χ0v) is 13.2. The molecule has 0 saturated carbocycles. The molecule has 0 aromatic heterocycles. The fraction of sp³-hybridized carbons (Fsp3) is 0.294. The van der Waals surface area contributed by atoms with E-state index in [0.29, 0.717) is 28.6 Å². The number of methoxy groups -OCH3 is 2. The molecule has 0 radical (unpaired) electrons. The Kier molecular flexibility index (Phi) is 4.23. The molecule has 0 fully saturated rings. The highest BCUT2D eigenvalue weighted by atomic mass is 35.5. The lowest BCUT2D eigenvalue weighted by molar-refractivity contribution is 0.348. The van der Waals surface area contributed by atoms with Crippen molar-refractivity contribution in [3.63, 3.8) is 0 Å². The van der Waals surface area contributed by atoms with E-state index >= 15 is 0 Å². The van der Waals surface area contributed by atoms with E-state index in [-0.39, 0.29) is 11.9 Å². The molecule has 0 amide bonds. The quantitative estimate of drug-likeness (QED) is 0.934. The topological polar surface area (TPSA) is 30.5 Å². The van der Waals surface area contributed by atoms with E-state index in [1.54, 1.807) is 26.4 Å². The molecule has 3 rings (SSSR count). The van der Waals surface area contributed by atoms with E-state index in [1.807, 2.05) is 12.1 Å². The third-order valence-electron chi connectivity index (χ3n) is 4.01. The van der Waals surface area contributed by atoms with Crippen LogP contribution in [0, 0.1) is 5.82 Å². The first-order valence-electron chi connectivity index (χ1n) is 7.08. The Bertz CT molecular complexity index is 685. The van der Waals surface area contributed by atoms with Gasteiger partial charge in [0.05, 0.1) is 20.3 Å². The SMILES string of the molecule is COc1ccc2c(c1OC)CCNC2c1c(F)cccc1Cl. The van der Waals surface area contributed by atoms with Gasteiger partial charge in [-0.05, 0) is 30.2 Å². The lowest BCUT2D eigenvalue weighted by atomic mass is 9.88. The molecule has 0 bridgehead atoms. The van der Waals surface area contributed by atoms with Crippen LogP contribution in [0.15, 0.2) is 30.3 Å². The first-order valence-corrected chi connectivity index (χ1v) is 7.46. The van der Waals surface area contributed by atoms with Crippen molar-refractivity contribution < 1.29 is 13.9 Å². The van der Waals surface area contributed by atoms with Gasteiger partial charge in [0.1, 0.15) is 5.82 Å². The zero-order valence-electron chi connectivity index (χ0n) is 12.5. The molecule has 0 spiro atoms. The largest absolute Gasteiger partial charge is 0.493 e. The van der Waals surface area contributed by atoms with E-state index in [4.69, 9.17) is 21.1 Å². The molecular weight excluding hydrogens is 305 g/mol. The van der Waals surface area contributed by atoms with Gasteiger partial charge >= 0.3 is 0 Å². The van der Waals surface area contributed by atoms with Gasteiger partial charge in [-0.15, -0.1) is 0 Å². The molecule has 2 aromatic carbocycles. The maximum absolute atomic E-state index is 14.3. The molecule has 1 N–H and O–H groups in total. The van der Waals surface area contributed by atoms with Crippen molar-refractivity contribution in [3.8, 4) is 11.5 Å². The molecule has 1 unspecified atom stereocenters. The molecule has 0 saturated heterocycles. The summed E-state index contributed by atoms with van der Waals surface area (Å²) in [4.78, 5) is 0. The number of hydrogen-bond acceptors (Lipinski definition) is 3. The van der Waals surface area contributed by atoms with Crippen LogP contribution in [-0.2, 0) is 6.42 Å². The maximum atomic E-state index is 14.3. The first kappa shape index (κ1) is 15.1. The first-order chi connectivity index (χ1) is 10.7. The molecule has 3 nitrogen and oxygen atoms in total. The van der Waals surface area contributed by atoms with E-state index in [2.05, 4.69) is 5.32 Å². The molecule has 2 aromatic rings. The Morgan fingerprint density at radius 3 is 2.68 bits per heavy atom. The van der Waals surface area contributed by atoms with Crippen molar-refractivity contribution in [1.82, 2.24) is 5.32 Å². The van der Waals surface area contributed by atoms with Gasteiger partial charge in [0.15, 0.2) is 11.5 Å². The predicted octanol–water partition coefficient (Wildman–Crippen LogP) is 3.73. The lowest BCUT2D eigenvalue weighted by Crippen LogP contribution is -2.31. The van der Waals surface area contributed by atoms with Gasteiger partial charge in [-0.1, -0.05) is 23.7 Å². The van der Waals surface area contributed by atoms with Gasteiger partial charge in [0, 0.05) is 22.7 Å². The Morgan fingerprint density at radius 2 is 2.00 bits per heavy atom. The summed E-state index contributed by atoms with van der Waals surface area (Å²) in [6, 6.07) is 8.23. The van der Waals surface area contributed by atoms with Gasteiger partial charge in [0.25, 0.3) is 0 Å². The number of nitrogens with one attached hydrogen (secondary N) is 1. The third kappa shape index (κ3) is 2.42. The number of hydrogen-bond donors (Lipinski definition) is 1. The van der Waals surface area contributed by atoms with E-state index < -0.39 is 0 Å². The Balaban J connectivity index is 2.17. The number of halogens is 2. The average Bonchev–Trinajstić information content (AvgIpc) is 2.53. The van der Waals surface area contributed by atoms with Crippen molar-refractivity contribution >= 4 is 11.6 Å². The van der Waals surface area contributed by atoms with Crippen molar-refractivity contribution in [2.24, 2.45) is 0 Å². The molecule has 1 heterocycles. The van der Waals surface area contributed by atoms with Crippen molar-refractivity contribution in [2.75, 3.05) is 20.8 Å². The summed E-state index contributed by atoms with van der Waals surface area (Å²) in [5.41, 5.74) is 2.47. The molecule has 1 aliphatic rings. The van der Waals surface area contributed by atoms with E-state index in [1.165, 1.54) is 6.07 Å². The smallest absolute Gasteiger partial charge is 0.164 e. The van der Waals surface area contributed by atoms with Crippen LogP contribution in [0.2, 0.25) is 5.02 Å². The van der Waals surface area contributed by atoms with E-state index in [0.717, 1.165) is 17.5 Å². The van der Waals surface area contributed by atoms with Gasteiger partial charge in [0.2, 0.25) is 0 Å². The van der Waals surface area contributed by atoms with Crippen LogP contribution in [-0.4, -0.2) is 20.8 Å². The zero-order chi connectivity index (χ0) is 15.7. The minimum Gasteiger partial charge on any atom is -0.493 e. The summed E-state index contributed by atoms with van der Waals surface area (Å²) in [5, 5.41) is 3.76. The lowest BCUT2D eigenvalue weighted by Gasteiger charge is -2.30. The fourth-order valence-electron chi connectivity index (χ4n) is 3.03. The second-order valence-electron chi connectivity index (χ2n) is 5.14. The Hall–Kier alpha value is -1.78. The predicted molar refractivity (Wildman–Crippen MR) is 84.5 cm³/mol. The molecule has 0 aliphatic carbocycles. The molecule has 1 atom stereocenters. The fourth-order valence-corrected chi connectivity index (χ4v) is 3.30. The van der Waals surface area contributed by atoms with Gasteiger partial charge < -0.3 is 14.8 Å². The second-order valence-corrected chi connectivity index (χ2v) is 5.55. The number of benzene rings is 2. The number of ether oxygens (including phenoxy) is 2. The van der Waals surface area contributed by atoms with Crippen molar-refractivity contribution in [1.29, 1.82) is 0 Å². The highest BCUT2D eigenvalue weighted by Crippen LogP contribution is 2.41. The highest BCUT2D eigenvalue weighted by Gasteiger charge is 2.28. The number of fused-ring (bicyclic) bond motifs is 1. The molecule has 1 aliphatic heterocycles. The van der Waals surface area contributed by atoms with Crippen LogP contribution in [0.1, 0.15) is 22.7 Å². The van der Waals surface area contributed by atoms with Gasteiger partial charge in [-0.25, -0.2) is 4.39 Å².